The second-order valence-corrected chi connectivity index (χ2v) is 5.59. The maximum atomic E-state index is 12.0. The Kier molecular flexibility index (Phi) is 4.57. The van der Waals surface area contributed by atoms with E-state index in [4.69, 9.17) is 5.11 Å². The molecule has 120 valence electrons. The molecule has 0 saturated carbocycles. The van der Waals surface area contributed by atoms with Gasteiger partial charge in [-0.3, -0.25) is 9.59 Å². The number of benzene rings is 3. The van der Waals surface area contributed by atoms with E-state index in [-0.39, 0.29) is 6.04 Å². The van der Waals surface area contributed by atoms with Crippen molar-refractivity contribution in [2.75, 3.05) is 0 Å². The summed E-state index contributed by atoms with van der Waals surface area (Å²) < 4.78 is 0. The zero-order valence-corrected chi connectivity index (χ0v) is 13.0. The van der Waals surface area contributed by atoms with Crippen molar-refractivity contribution in [2.45, 2.75) is 12.5 Å². The molecule has 0 spiro atoms. The molecule has 1 unspecified atom stereocenters. The average molecular weight is 319 g/mol. The van der Waals surface area contributed by atoms with Crippen LogP contribution in [0.4, 0.5) is 0 Å². The van der Waals surface area contributed by atoms with E-state index in [1.165, 1.54) is 0 Å². The Hall–Kier alpha value is -3.14. The van der Waals surface area contributed by atoms with Crippen LogP contribution in [0.2, 0.25) is 0 Å². The highest BCUT2D eigenvalue weighted by molar-refractivity contribution is 5.93. The molecule has 24 heavy (non-hydrogen) atoms. The third kappa shape index (κ3) is 3.60. The van der Waals surface area contributed by atoms with Gasteiger partial charge in [0.1, 0.15) is 6.42 Å². The van der Waals surface area contributed by atoms with Crippen LogP contribution in [0, 0.1) is 0 Å². The second kappa shape index (κ2) is 6.96. The summed E-state index contributed by atoms with van der Waals surface area (Å²) in [4.78, 5) is 22.8. The van der Waals surface area contributed by atoms with Crippen LogP contribution in [0.15, 0.2) is 72.8 Å². The normalized spacial score (nSPS) is 11.8. The van der Waals surface area contributed by atoms with E-state index in [9.17, 15) is 9.59 Å². The van der Waals surface area contributed by atoms with Gasteiger partial charge in [-0.1, -0.05) is 66.7 Å². The first-order valence-corrected chi connectivity index (χ1v) is 7.68. The molecule has 3 rings (SSSR count). The first kappa shape index (κ1) is 15.7. The Morgan fingerprint density at radius 2 is 1.50 bits per heavy atom. The molecule has 0 saturated heterocycles. The minimum Gasteiger partial charge on any atom is -0.481 e. The molecular formula is C20H17NO3. The lowest BCUT2D eigenvalue weighted by Crippen LogP contribution is -2.30. The van der Waals surface area contributed by atoms with Crippen LogP contribution < -0.4 is 5.32 Å². The first-order chi connectivity index (χ1) is 11.6. The maximum absolute atomic E-state index is 12.0. The Bertz CT molecular complexity index is 874. The van der Waals surface area contributed by atoms with Crippen LogP contribution in [0.1, 0.15) is 23.6 Å². The zero-order valence-electron chi connectivity index (χ0n) is 13.0. The van der Waals surface area contributed by atoms with Gasteiger partial charge in [-0.05, 0) is 28.0 Å². The molecule has 0 fully saturated rings. The summed E-state index contributed by atoms with van der Waals surface area (Å²) in [6, 6.07) is 23.1. The number of carboxylic acids is 1. The van der Waals surface area contributed by atoms with Crippen LogP contribution in [-0.2, 0) is 9.59 Å². The van der Waals surface area contributed by atoms with E-state index in [1.807, 2.05) is 72.8 Å². The molecule has 0 aliphatic carbocycles. The van der Waals surface area contributed by atoms with Crippen LogP contribution >= 0.6 is 0 Å². The number of carbonyl (C=O) groups excluding carboxylic acids is 1. The molecule has 0 aromatic heterocycles. The van der Waals surface area contributed by atoms with Gasteiger partial charge >= 0.3 is 5.97 Å². The molecule has 0 radical (unpaired) electrons. The summed E-state index contributed by atoms with van der Waals surface area (Å²) in [5.41, 5.74) is 1.82. The van der Waals surface area contributed by atoms with Gasteiger partial charge in [-0.25, -0.2) is 0 Å². The first-order valence-electron chi connectivity index (χ1n) is 7.68. The van der Waals surface area contributed by atoms with Gasteiger partial charge in [-0.15, -0.1) is 0 Å². The Morgan fingerprint density at radius 1 is 0.833 bits per heavy atom. The highest BCUT2D eigenvalue weighted by atomic mass is 16.4. The summed E-state index contributed by atoms with van der Waals surface area (Å²) in [7, 11) is 0. The van der Waals surface area contributed by atoms with Crippen molar-refractivity contribution in [3.8, 4) is 0 Å². The Balaban J connectivity index is 1.99. The summed E-state index contributed by atoms with van der Waals surface area (Å²) in [6.45, 7) is 0. The highest BCUT2D eigenvalue weighted by Crippen LogP contribution is 2.25. The van der Waals surface area contributed by atoms with E-state index in [0.717, 1.165) is 21.9 Å². The molecule has 3 aromatic rings. The Labute approximate surface area is 139 Å². The van der Waals surface area contributed by atoms with E-state index in [2.05, 4.69) is 5.32 Å². The number of rotatable bonds is 5. The van der Waals surface area contributed by atoms with Gasteiger partial charge in [0.2, 0.25) is 5.91 Å². The monoisotopic (exact) mass is 319 g/mol. The quantitative estimate of drug-likeness (QED) is 0.707. The van der Waals surface area contributed by atoms with E-state index < -0.39 is 18.3 Å². The smallest absolute Gasteiger partial charge is 0.312 e. The van der Waals surface area contributed by atoms with Gasteiger partial charge in [0.25, 0.3) is 0 Å². The fourth-order valence-corrected chi connectivity index (χ4v) is 2.74. The highest BCUT2D eigenvalue weighted by Gasteiger charge is 2.18. The molecule has 4 nitrogen and oxygen atoms in total. The largest absolute Gasteiger partial charge is 0.481 e. The van der Waals surface area contributed by atoms with Crippen molar-refractivity contribution in [3.05, 3.63) is 83.9 Å². The van der Waals surface area contributed by atoms with Crippen molar-refractivity contribution in [2.24, 2.45) is 0 Å². The summed E-state index contributed by atoms with van der Waals surface area (Å²) >= 11 is 0. The van der Waals surface area contributed by atoms with E-state index >= 15 is 0 Å². The molecule has 0 aliphatic rings. The fraction of sp³-hybridized carbons (Fsp3) is 0.100. The van der Waals surface area contributed by atoms with Gasteiger partial charge < -0.3 is 10.4 Å². The fourth-order valence-electron chi connectivity index (χ4n) is 2.74. The number of carboxylic acid groups (broad SMARTS) is 1. The van der Waals surface area contributed by atoms with Gasteiger partial charge in [0.05, 0.1) is 6.04 Å². The number of amides is 1. The molecular weight excluding hydrogens is 302 g/mol. The molecule has 0 heterocycles. The van der Waals surface area contributed by atoms with Crippen molar-refractivity contribution in [1.82, 2.24) is 5.32 Å². The van der Waals surface area contributed by atoms with Gasteiger partial charge in [0, 0.05) is 0 Å². The number of aliphatic carboxylic acids is 1. The van der Waals surface area contributed by atoms with Crippen LogP contribution in [0.3, 0.4) is 0 Å². The van der Waals surface area contributed by atoms with Crippen LogP contribution in [-0.4, -0.2) is 17.0 Å². The molecule has 0 aliphatic heterocycles. The maximum Gasteiger partial charge on any atom is 0.312 e. The SMILES string of the molecule is O=C(O)CC(=O)NC(c1ccccc1)c1ccc2ccccc2c1. The molecule has 1 amide bonds. The van der Waals surface area contributed by atoms with Crippen molar-refractivity contribution >= 4 is 22.6 Å². The molecule has 3 aromatic carbocycles. The predicted molar refractivity (Wildman–Crippen MR) is 92.6 cm³/mol. The summed E-state index contributed by atoms with van der Waals surface area (Å²) in [6.07, 6.45) is -0.545. The topological polar surface area (TPSA) is 66.4 Å². The lowest BCUT2D eigenvalue weighted by atomic mass is 9.96. The van der Waals surface area contributed by atoms with Crippen molar-refractivity contribution < 1.29 is 14.7 Å². The zero-order chi connectivity index (χ0) is 16.9. The average Bonchev–Trinajstić information content (AvgIpc) is 2.59. The number of carbonyl (C=O) groups is 2. The Morgan fingerprint density at radius 3 is 2.21 bits per heavy atom. The second-order valence-electron chi connectivity index (χ2n) is 5.59. The summed E-state index contributed by atoms with van der Waals surface area (Å²) in [5.74, 6) is -1.65. The number of nitrogens with one attached hydrogen (secondary N) is 1. The standard InChI is InChI=1S/C20H17NO3/c22-18(13-19(23)24)21-20(15-7-2-1-3-8-15)17-11-10-14-6-4-5-9-16(14)12-17/h1-12,20H,13H2,(H,21,22)(H,23,24). The third-order valence-electron chi connectivity index (χ3n) is 3.86. The lowest BCUT2D eigenvalue weighted by Gasteiger charge is -2.20. The lowest BCUT2D eigenvalue weighted by molar-refractivity contribution is -0.140. The number of fused-ring (bicyclic) bond motifs is 1. The van der Waals surface area contributed by atoms with E-state index in [1.54, 1.807) is 0 Å². The minimum absolute atomic E-state index is 0.386. The van der Waals surface area contributed by atoms with Gasteiger partial charge in [0.15, 0.2) is 0 Å². The van der Waals surface area contributed by atoms with Gasteiger partial charge in [-0.2, -0.15) is 0 Å². The van der Waals surface area contributed by atoms with Crippen LogP contribution in [0.25, 0.3) is 10.8 Å². The summed E-state index contributed by atoms with van der Waals surface area (Å²) in [5, 5.41) is 13.8. The van der Waals surface area contributed by atoms with Crippen molar-refractivity contribution in [1.29, 1.82) is 0 Å². The van der Waals surface area contributed by atoms with Crippen LogP contribution in [0.5, 0.6) is 0 Å². The van der Waals surface area contributed by atoms with Crippen molar-refractivity contribution in [3.63, 3.8) is 0 Å². The predicted octanol–water partition coefficient (Wildman–Crippen LogP) is 3.52. The molecule has 0 bridgehead atoms. The number of hydrogen-bond acceptors (Lipinski definition) is 2. The molecule has 4 heteroatoms. The molecule has 1 atom stereocenters. The molecule has 2 N–H and O–H groups in total. The minimum atomic E-state index is -1.14. The third-order valence-corrected chi connectivity index (χ3v) is 3.86. The van der Waals surface area contributed by atoms with E-state index in [0.29, 0.717) is 0 Å². The number of hydrogen-bond donors (Lipinski definition) is 2.